The molecule has 1 aliphatic heterocycles. The largest absolute Gasteiger partial charge is 0.504 e. The summed E-state index contributed by atoms with van der Waals surface area (Å²) in [5.74, 6) is 0.809. The number of aromatic hydroxyl groups is 1. The molecular weight excluding hydrogens is 166 g/mol. The maximum absolute atomic E-state index is 9.51. The Labute approximate surface area is 77.3 Å². The average Bonchev–Trinajstić information content (AvgIpc) is 1.99. The molecule has 70 valence electrons. The van der Waals surface area contributed by atoms with Gasteiger partial charge in [0.1, 0.15) is 6.10 Å². The van der Waals surface area contributed by atoms with Gasteiger partial charge in [-0.15, -0.1) is 0 Å². The number of ether oxygens (including phenoxy) is 1. The molecule has 2 rings (SSSR count). The molecular formula is C10H13NO2. The molecule has 13 heavy (non-hydrogen) atoms. The van der Waals surface area contributed by atoms with E-state index in [1.54, 1.807) is 6.07 Å². The molecule has 0 saturated carbocycles. The number of hydrogen-bond acceptors (Lipinski definition) is 3. The zero-order valence-corrected chi connectivity index (χ0v) is 7.58. The summed E-state index contributed by atoms with van der Waals surface area (Å²) in [6.07, 6.45) is 0.216. The molecule has 1 saturated heterocycles. The van der Waals surface area contributed by atoms with Gasteiger partial charge in [-0.1, -0.05) is 6.07 Å². The van der Waals surface area contributed by atoms with Crippen LogP contribution in [0, 0.1) is 6.92 Å². The van der Waals surface area contributed by atoms with Crippen LogP contribution in [0.25, 0.3) is 0 Å². The molecule has 1 aromatic rings. The topological polar surface area (TPSA) is 41.5 Å². The van der Waals surface area contributed by atoms with Crippen LogP contribution in [-0.2, 0) is 0 Å². The van der Waals surface area contributed by atoms with E-state index in [1.165, 1.54) is 0 Å². The van der Waals surface area contributed by atoms with E-state index in [0.717, 1.165) is 18.7 Å². The van der Waals surface area contributed by atoms with E-state index in [4.69, 9.17) is 4.74 Å². The van der Waals surface area contributed by atoms with Crippen molar-refractivity contribution < 1.29 is 9.84 Å². The highest BCUT2D eigenvalue weighted by atomic mass is 16.5. The van der Waals surface area contributed by atoms with Gasteiger partial charge in [0.05, 0.1) is 0 Å². The van der Waals surface area contributed by atoms with Gasteiger partial charge < -0.3 is 15.2 Å². The summed E-state index contributed by atoms with van der Waals surface area (Å²) in [5, 5.41) is 12.6. The summed E-state index contributed by atoms with van der Waals surface area (Å²) >= 11 is 0. The van der Waals surface area contributed by atoms with E-state index in [-0.39, 0.29) is 11.9 Å². The van der Waals surface area contributed by atoms with Gasteiger partial charge in [0, 0.05) is 13.1 Å². The average molecular weight is 179 g/mol. The molecule has 0 unspecified atom stereocenters. The number of nitrogens with one attached hydrogen (secondary N) is 1. The minimum Gasteiger partial charge on any atom is -0.504 e. The number of rotatable bonds is 2. The summed E-state index contributed by atoms with van der Waals surface area (Å²) in [6.45, 7) is 3.68. The van der Waals surface area contributed by atoms with Gasteiger partial charge in [-0.3, -0.25) is 0 Å². The molecule has 1 heterocycles. The van der Waals surface area contributed by atoms with Crippen molar-refractivity contribution in [2.24, 2.45) is 0 Å². The molecule has 1 fully saturated rings. The minimum atomic E-state index is 0.216. The van der Waals surface area contributed by atoms with E-state index in [2.05, 4.69) is 5.32 Å². The molecule has 1 aliphatic rings. The minimum absolute atomic E-state index is 0.216. The van der Waals surface area contributed by atoms with Crippen LogP contribution in [0.3, 0.4) is 0 Å². The fraction of sp³-hybridized carbons (Fsp3) is 0.400. The van der Waals surface area contributed by atoms with E-state index in [9.17, 15) is 5.11 Å². The van der Waals surface area contributed by atoms with Crippen molar-refractivity contribution in [2.75, 3.05) is 13.1 Å². The zero-order chi connectivity index (χ0) is 9.26. The quantitative estimate of drug-likeness (QED) is 0.713. The van der Waals surface area contributed by atoms with Gasteiger partial charge in [0.25, 0.3) is 0 Å². The third-order valence-corrected chi connectivity index (χ3v) is 2.15. The molecule has 0 aromatic heterocycles. The van der Waals surface area contributed by atoms with Crippen LogP contribution in [0.2, 0.25) is 0 Å². The number of hydrogen-bond donors (Lipinski definition) is 2. The molecule has 1 aromatic carbocycles. The molecule has 0 bridgehead atoms. The first-order valence-corrected chi connectivity index (χ1v) is 4.43. The van der Waals surface area contributed by atoms with Gasteiger partial charge in [0.15, 0.2) is 11.5 Å². The molecule has 0 aliphatic carbocycles. The Hall–Kier alpha value is -1.22. The Balaban J connectivity index is 2.10. The van der Waals surface area contributed by atoms with Crippen LogP contribution in [0.15, 0.2) is 18.2 Å². The second-order valence-electron chi connectivity index (χ2n) is 3.37. The van der Waals surface area contributed by atoms with Gasteiger partial charge in [-0.25, -0.2) is 0 Å². The predicted molar refractivity (Wildman–Crippen MR) is 50.1 cm³/mol. The molecule has 2 N–H and O–H groups in total. The molecule has 0 amide bonds. The summed E-state index contributed by atoms with van der Waals surface area (Å²) in [6, 6.07) is 5.45. The third-order valence-electron chi connectivity index (χ3n) is 2.15. The number of benzene rings is 1. The SMILES string of the molecule is Cc1ccc(OC2CNC2)c(O)c1. The summed E-state index contributed by atoms with van der Waals surface area (Å²) in [4.78, 5) is 0. The molecule has 0 atom stereocenters. The highest BCUT2D eigenvalue weighted by Crippen LogP contribution is 2.27. The van der Waals surface area contributed by atoms with Gasteiger partial charge in [-0.05, 0) is 24.6 Å². The highest BCUT2D eigenvalue weighted by molar-refractivity contribution is 5.41. The van der Waals surface area contributed by atoms with Gasteiger partial charge >= 0.3 is 0 Å². The first-order valence-electron chi connectivity index (χ1n) is 4.43. The van der Waals surface area contributed by atoms with Crippen LogP contribution >= 0.6 is 0 Å². The molecule has 0 radical (unpaired) electrons. The lowest BCUT2D eigenvalue weighted by molar-refractivity contribution is 0.137. The molecule has 3 heteroatoms. The fourth-order valence-corrected chi connectivity index (χ4v) is 1.25. The lowest BCUT2D eigenvalue weighted by Crippen LogP contribution is -2.50. The smallest absolute Gasteiger partial charge is 0.161 e. The van der Waals surface area contributed by atoms with E-state index in [0.29, 0.717) is 5.75 Å². The van der Waals surface area contributed by atoms with E-state index in [1.807, 2.05) is 19.1 Å². The first-order chi connectivity index (χ1) is 6.25. The van der Waals surface area contributed by atoms with Crippen molar-refractivity contribution >= 4 is 0 Å². The van der Waals surface area contributed by atoms with Crippen LogP contribution < -0.4 is 10.1 Å². The van der Waals surface area contributed by atoms with Crippen LogP contribution in [0.5, 0.6) is 11.5 Å². The summed E-state index contributed by atoms with van der Waals surface area (Å²) in [7, 11) is 0. The molecule has 3 nitrogen and oxygen atoms in total. The Kier molecular flexibility index (Phi) is 2.10. The zero-order valence-electron chi connectivity index (χ0n) is 7.58. The summed E-state index contributed by atoms with van der Waals surface area (Å²) < 4.78 is 5.52. The normalized spacial score (nSPS) is 16.7. The van der Waals surface area contributed by atoms with Crippen LogP contribution in [0.4, 0.5) is 0 Å². The Morgan fingerprint density at radius 3 is 2.77 bits per heavy atom. The Morgan fingerprint density at radius 1 is 1.46 bits per heavy atom. The summed E-state index contributed by atoms with van der Waals surface area (Å²) in [5.41, 5.74) is 1.04. The van der Waals surface area contributed by atoms with Crippen molar-refractivity contribution in [3.8, 4) is 11.5 Å². The van der Waals surface area contributed by atoms with Gasteiger partial charge in [-0.2, -0.15) is 0 Å². The van der Waals surface area contributed by atoms with E-state index >= 15 is 0 Å². The maximum atomic E-state index is 9.51. The second kappa shape index (κ2) is 3.26. The first kappa shape index (κ1) is 8.38. The fourth-order valence-electron chi connectivity index (χ4n) is 1.25. The van der Waals surface area contributed by atoms with Crippen molar-refractivity contribution in [3.05, 3.63) is 23.8 Å². The third kappa shape index (κ3) is 1.75. The van der Waals surface area contributed by atoms with Crippen LogP contribution in [0.1, 0.15) is 5.56 Å². The molecule has 0 spiro atoms. The lowest BCUT2D eigenvalue weighted by Gasteiger charge is -2.28. The highest BCUT2D eigenvalue weighted by Gasteiger charge is 2.19. The number of phenols is 1. The standard InChI is InChI=1S/C10H13NO2/c1-7-2-3-10(9(12)4-7)13-8-5-11-6-8/h2-4,8,11-12H,5-6H2,1H3. The number of aryl methyl sites for hydroxylation is 1. The van der Waals surface area contributed by atoms with Crippen LogP contribution in [-0.4, -0.2) is 24.3 Å². The Morgan fingerprint density at radius 2 is 2.23 bits per heavy atom. The number of phenolic OH excluding ortho intramolecular Hbond substituents is 1. The lowest BCUT2D eigenvalue weighted by atomic mass is 10.2. The van der Waals surface area contributed by atoms with Crippen molar-refractivity contribution in [3.63, 3.8) is 0 Å². The van der Waals surface area contributed by atoms with Gasteiger partial charge in [0.2, 0.25) is 0 Å². The second-order valence-corrected chi connectivity index (χ2v) is 3.37. The Bertz CT molecular complexity index is 308. The predicted octanol–water partition coefficient (Wildman–Crippen LogP) is 1.05. The van der Waals surface area contributed by atoms with E-state index < -0.39 is 0 Å². The van der Waals surface area contributed by atoms with Crippen molar-refractivity contribution in [2.45, 2.75) is 13.0 Å². The maximum Gasteiger partial charge on any atom is 0.161 e. The monoisotopic (exact) mass is 179 g/mol. The van der Waals surface area contributed by atoms with Crippen molar-refractivity contribution in [1.82, 2.24) is 5.32 Å². The van der Waals surface area contributed by atoms with Crippen molar-refractivity contribution in [1.29, 1.82) is 0 Å².